The van der Waals surface area contributed by atoms with Crippen LogP contribution in [0.15, 0.2) is 41.8 Å². The van der Waals surface area contributed by atoms with E-state index in [1.807, 2.05) is 17.5 Å². The number of thiophene rings is 1. The van der Waals surface area contributed by atoms with Crippen molar-refractivity contribution in [2.24, 2.45) is 0 Å². The fourth-order valence-corrected chi connectivity index (χ4v) is 3.63. The molecule has 22 heavy (non-hydrogen) atoms. The monoisotopic (exact) mass is 317 g/mol. The number of aliphatic hydroxyl groups is 1. The molecule has 0 unspecified atom stereocenters. The Morgan fingerprint density at radius 2 is 2.18 bits per heavy atom. The maximum Gasteiger partial charge on any atom is 0.0898 e. The van der Waals surface area contributed by atoms with E-state index < -0.39 is 6.10 Å². The number of benzene rings is 1. The van der Waals surface area contributed by atoms with Crippen LogP contribution in [0.4, 0.5) is 0 Å². The maximum atomic E-state index is 10.1. The fourth-order valence-electron chi connectivity index (χ4n) is 2.99. The molecule has 0 bridgehead atoms. The predicted molar refractivity (Wildman–Crippen MR) is 90.1 cm³/mol. The molecule has 0 amide bonds. The highest BCUT2D eigenvalue weighted by Gasteiger charge is 2.19. The molecule has 2 N–H and O–H groups in total. The zero-order chi connectivity index (χ0) is 15.2. The van der Waals surface area contributed by atoms with E-state index in [-0.39, 0.29) is 0 Å². The Balaban J connectivity index is 1.42. The Morgan fingerprint density at radius 1 is 1.27 bits per heavy atom. The first-order valence-corrected chi connectivity index (χ1v) is 8.80. The number of hydrogen-bond acceptors (Lipinski definition) is 4. The molecule has 1 aromatic carbocycles. The molecule has 1 heterocycles. The van der Waals surface area contributed by atoms with E-state index in [0.29, 0.717) is 25.8 Å². The molecule has 4 heteroatoms. The molecule has 0 fully saturated rings. The van der Waals surface area contributed by atoms with E-state index in [2.05, 4.69) is 29.6 Å². The third-order valence-corrected chi connectivity index (χ3v) is 4.95. The lowest BCUT2D eigenvalue weighted by Gasteiger charge is -2.27. The van der Waals surface area contributed by atoms with Gasteiger partial charge in [-0.1, -0.05) is 30.3 Å². The van der Waals surface area contributed by atoms with Crippen LogP contribution in [0.25, 0.3) is 0 Å². The fraction of sp³-hybridized carbons (Fsp3) is 0.444. The first kappa shape index (κ1) is 15.7. The molecule has 0 radical (unpaired) electrons. The summed E-state index contributed by atoms with van der Waals surface area (Å²) in [5.74, 6) is 0. The van der Waals surface area contributed by atoms with Crippen LogP contribution in [0.1, 0.15) is 34.9 Å². The SMILES string of the molecule is O[C@@H](CN[C@@H]1CCCc2ccccc21)COCc1cccs1. The van der Waals surface area contributed by atoms with Gasteiger partial charge in [-0.3, -0.25) is 0 Å². The normalized spacial score (nSPS) is 18.9. The van der Waals surface area contributed by atoms with Gasteiger partial charge in [-0.15, -0.1) is 11.3 Å². The van der Waals surface area contributed by atoms with Crippen LogP contribution in [-0.4, -0.2) is 24.4 Å². The molecule has 0 aliphatic heterocycles. The van der Waals surface area contributed by atoms with Crippen molar-refractivity contribution in [1.82, 2.24) is 5.32 Å². The molecular formula is C18H23NO2S. The average Bonchev–Trinajstić information content (AvgIpc) is 3.06. The number of aliphatic hydroxyl groups excluding tert-OH is 1. The molecule has 0 saturated heterocycles. The zero-order valence-electron chi connectivity index (χ0n) is 12.7. The van der Waals surface area contributed by atoms with E-state index in [4.69, 9.17) is 4.74 Å². The molecule has 2 atom stereocenters. The molecule has 1 aliphatic carbocycles. The third-order valence-electron chi connectivity index (χ3n) is 4.10. The van der Waals surface area contributed by atoms with Gasteiger partial charge in [-0.05, 0) is 41.8 Å². The molecule has 0 saturated carbocycles. The lowest BCUT2D eigenvalue weighted by Crippen LogP contribution is -2.34. The molecule has 2 aromatic rings. The Bertz CT molecular complexity index is 570. The molecule has 3 rings (SSSR count). The standard InChI is InChI=1S/C18H23NO2S/c20-15(12-21-13-16-7-4-10-22-16)11-19-18-9-3-6-14-5-1-2-8-17(14)18/h1-2,4-5,7-8,10,15,18-20H,3,6,9,11-13H2/t15-,18+/m0/s1. The van der Waals surface area contributed by atoms with Gasteiger partial charge in [-0.2, -0.15) is 0 Å². The third kappa shape index (κ3) is 4.17. The van der Waals surface area contributed by atoms with Gasteiger partial charge in [0.15, 0.2) is 0 Å². The van der Waals surface area contributed by atoms with Crippen molar-refractivity contribution < 1.29 is 9.84 Å². The Morgan fingerprint density at radius 3 is 3.05 bits per heavy atom. The molecule has 3 nitrogen and oxygen atoms in total. The van der Waals surface area contributed by atoms with Crippen LogP contribution in [0.3, 0.4) is 0 Å². The molecule has 118 valence electrons. The lowest BCUT2D eigenvalue weighted by molar-refractivity contribution is 0.0283. The quantitative estimate of drug-likeness (QED) is 0.823. The Kier molecular flexibility index (Phi) is 5.62. The highest BCUT2D eigenvalue weighted by atomic mass is 32.1. The molecule has 0 spiro atoms. The van der Waals surface area contributed by atoms with Crippen molar-refractivity contribution in [3.8, 4) is 0 Å². The first-order valence-electron chi connectivity index (χ1n) is 7.92. The number of rotatable bonds is 7. The van der Waals surface area contributed by atoms with Crippen molar-refractivity contribution in [2.75, 3.05) is 13.2 Å². The van der Waals surface area contributed by atoms with Gasteiger partial charge in [0.1, 0.15) is 0 Å². The van der Waals surface area contributed by atoms with Crippen molar-refractivity contribution in [3.05, 3.63) is 57.8 Å². The highest BCUT2D eigenvalue weighted by molar-refractivity contribution is 7.09. The summed E-state index contributed by atoms with van der Waals surface area (Å²) in [7, 11) is 0. The largest absolute Gasteiger partial charge is 0.389 e. The summed E-state index contributed by atoms with van der Waals surface area (Å²) in [6.45, 7) is 1.53. The van der Waals surface area contributed by atoms with Gasteiger partial charge in [-0.25, -0.2) is 0 Å². The van der Waals surface area contributed by atoms with Crippen LogP contribution in [0, 0.1) is 0 Å². The molecular weight excluding hydrogens is 294 g/mol. The topological polar surface area (TPSA) is 41.5 Å². The van der Waals surface area contributed by atoms with Crippen LogP contribution in [-0.2, 0) is 17.8 Å². The van der Waals surface area contributed by atoms with Crippen LogP contribution < -0.4 is 5.32 Å². The second-order valence-corrected chi connectivity index (χ2v) is 6.83. The van der Waals surface area contributed by atoms with Crippen molar-refractivity contribution in [1.29, 1.82) is 0 Å². The summed E-state index contributed by atoms with van der Waals surface area (Å²) < 4.78 is 5.57. The van der Waals surface area contributed by atoms with Gasteiger partial charge in [0.05, 0.1) is 19.3 Å². The second-order valence-electron chi connectivity index (χ2n) is 5.80. The molecule has 1 aromatic heterocycles. The van der Waals surface area contributed by atoms with Crippen molar-refractivity contribution >= 4 is 11.3 Å². The average molecular weight is 317 g/mol. The summed E-state index contributed by atoms with van der Waals surface area (Å²) in [5.41, 5.74) is 2.83. The molecule has 1 aliphatic rings. The number of fused-ring (bicyclic) bond motifs is 1. The number of hydrogen-bond donors (Lipinski definition) is 2. The van der Waals surface area contributed by atoms with Gasteiger partial charge >= 0.3 is 0 Å². The van der Waals surface area contributed by atoms with E-state index >= 15 is 0 Å². The Hall–Kier alpha value is -1.20. The Labute approximate surface area is 136 Å². The smallest absolute Gasteiger partial charge is 0.0898 e. The van der Waals surface area contributed by atoms with Crippen LogP contribution >= 0.6 is 11.3 Å². The summed E-state index contributed by atoms with van der Waals surface area (Å²) in [6.07, 6.45) is 3.05. The minimum Gasteiger partial charge on any atom is -0.389 e. The van der Waals surface area contributed by atoms with E-state index in [1.54, 1.807) is 11.3 Å². The summed E-state index contributed by atoms with van der Waals surface area (Å²) >= 11 is 1.68. The van der Waals surface area contributed by atoms with Crippen LogP contribution in [0.2, 0.25) is 0 Å². The number of nitrogens with one attached hydrogen (secondary N) is 1. The zero-order valence-corrected chi connectivity index (χ0v) is 13.5. The van der Waals surface area contributed by atoms with Gasteiger partial charge < -0.3 is 15.2 Å². The van der Waals surface area contributed by atoms with Gasteiger partial charge in [0, 0.05) is 17.5 Å². The van der Waals surface area contributed by atoms with Crippen molar-refractivity contribution in [2.45, 2.75) is 38.0 Å². The summed E-state index contributed by atoms with van der Waals surface area (Å²) in [5, 5.41) is 15.6. The van der Waals surface area contributed by atoms with E-state index in [1.165, 1.54) is 28.8 Å². The summed E-state index contributed by atoms with van der Waals surface area (Å²) in [6, 6.07) is 13.0. The number of aryl methyl sites for hydroxylation is 1. The second kappa shape index (κ2) is 7.88. The highest BCUT2D eigenvalue weighted by Crippen LogP contribution is 2.29. The van der Waals surface area contributed by atoms with E-state index in [0.717, 1.165) is 6.42 Å². The van der Waals surface area contributed by atoms with Crippen LogP contribution in [0.5, 0.6) is 0 Å². The summed E-state index contributed by atoms with van der Waals surface area (Å²) in [4.78, 5) is 1.20. The van der Waals surface area contributed by atoms with E-state index in [9.17, 15) is 5.11 Å². The lowest BCUT2D eigenvalue weighted by atomic mass is 9.88. The van der Waals surface area contributed by atoms with Gasteiger partial charge in [0.25, 0.3) is 0 Å². The van der Waals surface area contributed by atoms with Crippen molar-refractivity contribution in [3.63, 3.8) is 0 Å². The predicted octanol–water partition coefficient (Wildman–Crippen LogP) is 3.29. The number of ether oxygens (including phenoxy) is 1. The first-order chi connectivity index (χ1) is 10.8. The minimum absolute atomic E-state index is 0.358. The maximum absolute atomic E-state index is 10.1. The minimum atomic E-state index is -0.464. The van der Waals surface area contributed by atoms with Gasteiger partial charge in [0.2, 0.25) is 0 Å².